The molecule has 0 spiro atoms. The van der Waals surface area contributed by atoms with E-state index in [4.69, 9.17) is 9.47 Å². The van der Waals surface area contributed by atoms with Gasteiger partial charge in [0.1, 0.15) is 0 Å². The lowest BCUT2D eigenvalue weighted by Crippen LogP contribution is -2.07. The number of nitrogens with zero attached hydrogens (tertiary/aromatic N) is 2. The smallest absolute Gasteiger partial charge is 0.309 e. The zero-order valence-electron chi connectivity index (χ0n) is 14.9. The molecule has 0 unspecified atom stereocenters. The minimum atomic E-state index is -0.308. The molecule has 0 aliphatic carbocycles. The van der Waals surface area contributed by atoms with E-state index in [9.17, 15) is 9.59 Å². The average molecular weight is 395 g/mol. The molecule has 0 saturated heterocycles. The highest BCUT2D eigenvalue weighted by atomic mass is 32.1. The molecule has 2 rings (SSSR count). The highest BCUT2D eigenvalue weighted by Gasteiger charge is 2.06. The number of esters is 2. The number of ether oxygens (including phenoxy) is 2. The van der Waals surface area contributed by atoms with Crippen LogP contribution in [0.5, 0.6) is 0 Å². The average Bonchev–Trinajstić information content (AvgIpc) is 3.20. The molecule has 0 aromatic carbocycles. The molecule has 0 saturated carbocycles. The number of aryl methyl sites for hydroxylation is 2. The van der Waals surface area contributed by atoms with E-state index >= 15 is 0 Å². The third-order valence-corrected chi connectivity index (χ3v) is 5.60. The third kappa shape index (κ3) is 7.05. The fourth-order valence-electron chi connectivity index (χ4n) is 2.12. The maximum atomic E-state index is 11.6. The Morgan fingerprint density at radius 2 is 1.31 bits per heavy atom. The van der Waals surface area contributed by atoms with Crippen LogP contribution in [-0.2, 0) is 31.9 Å². The fourth-order valence-corrected chi connectivity index (χ4v) is 3.65. The van der Waals surface area contributed by atoms with Gasteiger partial charge >= 0.3 is 11.9 Å². The Morgan fingerprint density at radius 3 is 1.65 bits per heavy atom. The van der Waals surface area contributed by atoms with Gasteiger partial charge in [0, 0.05) is 22.6 Å². The van der Waals surface area contributed by atoms with E-state index in [2.05, 4.69) is 9.97 Å². The molecule has 0 bridgehead atoms. The fraction of sp³-hybridized carbons (Fsp3) is 0.444. The summed E-state index contributed by atoms with van der Waals surface area (Å²) in [4.78, 5) is 33.8. The number of aromatic nitrogens is 2. The Morgan fingerprint density at radius 1 is 0.885 bits per heavy atom. The van der Waals surface area contributed by atoms with Crippen LogP contribution < -0.4 is 0 Å². The predicted molar refractivity (Wildman–Crippen MR) is 101 cm³/mol. The van der Waals surface area contributed by atoms with Crippen molar-refractivity contribution in [3.8, 4) is 0 Å². The molecule has 2 heterocycles. The van der Waals surface area contributed by atoms with E-state index < -0.39 is 0 Å². The van der Waals surface area contributed by atoms with Crippen molar-refractivity contribution < 1.29 is 19.1 Å². The van der Waals surface area contributed by atoms with Crippen LogP contribution in [0.25, 0.3) is 0 Å². The SMILES string of the molecule is Cc1ncsc1CCOC(=O)C/C=C/CC(=O)OCCc1scnc1C. The van der Waals surface area contributed by atoms with Crippen LogP contribution in [0.3, 0.4) is 0 Å². The first-order valence-electron chi connectivity index (χ1n) is 8.30. The zero-order chi connectivity index (χ0) is 18.8. The van der Waals surface area contributed by atoms with Crippen molar-refractivity contribution in [3.05, 3.63) is 44.3 Å². The number of thiazole rings is 2. The van der Waals surface area contributed by atoms with Crippen LogP contribution >= 0.6 is 22.7 Å². The normalized spacial score (nSPS) is 11.0. The molecule has 0 atom stereocenters. The molecule has 0 aliphatic rings. The number of carbonyl (C=O) groups excluding carboxylic acids is 2. The van der Waals surface area contributed by atoms with Crippen molar-refractivity contribution in [2.24, 2.45) is 0 Å². The van der Waals surface area contributed by atoms with Gasteiger partial charge in [-0.05, 0) is 13.8 Å². The summed E-state index contributed by atoms with van der Waals surface area (Å²) in [7, 11) is 0. The Bertz CT molecular complexity index is 690. The lowest BCUT2D eigenvalue weighted by Gasteiger charge is -2.03. The molecule has 0 N–H and O–H groups in total. The summed E-state index contributed by atoms with van der Waals surface area (Å²) in [5.74, 6) is -0.616. The quantitative estimate of drug-likeness (QED) is 0.454. The van der Waals surface area contributed by atoms with Gasteiger partial charge in [0.15, 0.2) is 0 Å². The Kier molecular flexibility index (Phi) is 8.43. The lowest BCUT2D eigenvalue weighted by atomic mass is 10.3. The first kappa shape index (κ1) is 20.3. The van der Waals surface area contributed by atoms with Crippen LogP contribution in [-0.4, -0.2) is 35.1 Å². The molecule has 0 amide bonds. The molecule has 0 aliphatic heterocycles. The van der Waals surface area contributed by atoms with Crippen LogP contribution in [0.1, 0.15) is 34.0 Å². The van der Waals surface area contributed by atoms with Crippen LogP contribution in [0.4, 0.5) is 0 Å². The summed E-state index contributed by atoms with van der Waals surface area (Å²) in [5, 5.41) is 0. The monoisotopic (exact) mass is 394 g/mol. The van der Waals surface area contributed by atoms with Gasteiger partial charge < -0.3 is 9.47 Å². The van der Waals surface area contributed by atoms with Crippen molar-refractivity contribution in [1.82, 2.24) is 9.97 Å². The van der Waals surface area contributed by atoms with E-state index in [0.29, 0.717) is 26.1 Å². The van der Waals surface area contributed by atoms with Gasteiger partial charge in [0.05, 0.1) is 48.5 Å². The van der Waals surface area contributed by atoms with Crippen LogP contribution in [0.15, 0.2) is 23.2 Å². The summed E-state index contributed by atoms with van der Waals surface area (Å²) in [5.41, 5.74) is 5.53. The van der Waals surface area contributed by atoms with E-state index in [1.54, 1.807) is 45.8 Å². The molecule has 2 aromatic rings. The largest absolute Gasteiger partial charge is 0.465 e. The molecule has 140 valence electrons. The highest BCUT2D eigenvalue weighted by molar-refractivity contribution is 7.10. The summed E-state index contributed by atoms with van der Waals surface area (Å²) in [6.45, 7) is 4.56. The van der Waals surface area contributed by atoms with E-state index in [1.165, 1.54) is 0 Å². The number of hydrogen-bond donors (Lipinski definition) is 0. The van der Waals surface area contributed by atoms with Crippen molar-refractivity contribution in [3.63, 3.8) is 0 Å². The maximum Gasteiger partial charge on any atom is 0.309 e. The minimum Gasteiger partial charge on any atom is -0.465 e. The van der Waals surface area contributed by atoms with Gasteiger partial charge in [0.25, 0.3) is 0 Å². The second-order valence-corrected chi connectivity index (χ2v) is 7.42. The Balaban J connectivity index is 1.53. The van der Waals surface area contributed by atoms with Gasteiger partial charge in [-0.2, -0.15) is 0 Å². The first-order chi connectivity index (χ1) is 12.6. The number of hydrogen-bond acceptors (Lipinski definition) is 8. The van der Waals surface area contributed by atoms with Crippen LogP contribution in [0, 0.1) is 13.8 Å². The van der Waals surface area contributed by atoms with Gasteiger partial charge in [0.2, 0.25) is 0 Å². The number of carbonyl (C=O) groups is 2. The molecule has 0 radical (unpaired) electrons. The molecule has 26 heavy (non-hydrogen) atoms. The van der Waals surface area contributed by atoms with Crippen molar-refractivity contribution >= 4 is 34.6 Å². The second-order valence-electron chi connectivity index (χ2n) is 5.54. The van der Waals surface area contributed by atoms with E-state index in [-0.39, 0.29) is 24.8 Å². The summed E-state index contributed by atoms with van der Waals surface area (Å²) >= 11 is 3.12. The highest BCUT2D eigenvalue weighted by Crippen LogP contribution is 2.13. The van der Waals surface area contributed by atoms with Gasteiger partial charge in [-0.25, -0.2) is 9.97 Å². The molecule has 0 fully saturated rings. The predicted octanol–water partition coefficient (Wildman–Crippen LogP) is 3.42. The van der Waals surface area contributed by atoms with Crippen molar-refractivity contribution in [2.45, 2.75) is 39.5 Å². The first-order valence-corrected chi connectivity index (χ1v) is 10.1. The van der Waals surface area contributed by atoms with E-state index in [0.717, 1.165) is 21.1 Å². The van der Waals surface area contributed by atoms with Crippen molar-refractivity contribution in [1.29, 1.82) is 0 Å². The van der Waals surface area contributed by atoms with Gasteiger partial charge in [-0.1, -0.05) is 12.2 Å². The standard InChI is InChI=1S/C18H22N2O4S2/c1-13-15(25-11-19-13)7-9-23-17(21)5-3-4-6-18(22)24-10-8-16-14(2)20-12-26-16/h3-4,11-12H,5-10H2,1-2H3/b4-3+. The van der Waals surface area contributed by atoms with Gasteiger partial charge in [-0.3, -0.25) is 9.59 Å². The second kappa shape index (κ2) is 10.8. The summed E-state index contributed by atoms with van der Waals surface area (Å²) < 4.78 is 10.3. The minimum absolute atomic E-state index is 0.148. The molecule has 2 aromatic heterocycles. The summed E-state index contributed by atoms with van der Waals surface area (Å²) in [6, 6.07) is 0. The van der Waals surface area contributed by atoms with E-state index in [1.807, 2.05) is 13.8 Å². The molecular weight excluding hydrogens is 372 g/mol. The zero-order valence-corrected chi connectivity index (χ0v) is 16.5. The molecule has 8 heteroatoms. The Hall–Kier alpha value is -2.06. The Labute approximate surface area is 160 Å². The third-order valence-electron chi connectivity index (χ3n) is 3.61. The molecular formula is C18H22N2O4S2. The van der Waals surface area contributed by atoms with Crippen molar-refractivity contribution in [2.75, 3.05) is 13.2 Å². The van der Waals surface area contributed by atoms with Crippen LogP contribution in [0.2, 0.25) is 0 Å². The summed E-state index contributed by atoms with van der Waals surface area (Å²) in [6.07, 6.45) is 4.92. The number of rotatable bonds is 10. The maximum absolute atomic E-state index is 11.6. The topological polar surface area (TPSA) is 78.4 Å². The lowest BCUT2D eigenvalue weighted by molar-refractivity contribution is -0.143. The van der Waals surface area contributed by atoms with Gasteiger partial charge in [-0.15, -0.1) is 22.7 Å². The molecule has 6 nitrogen and oxygen atoms in total.